The molecule has 0 radical (unpaired) electrons. The summed E-state index contributed by atoms with van der Waals surface area (Å²) in [7, 11) is -3.67. The van der Waals surface area contributed by atoms with Crippen LogP contribution in [0, 0.1) is 0 Å². The minimum Gasteiger partial charge on any atom is -0.508 e. The first-order valence-corrected chi connectivity index (χ1v) is 13.0. The van der Waals surface area contributed by atoms with Gasteiger partial charge in [0.1, 0.15) is 5.75 Å². The largest absolute Gasteiger partial charge is 0.508 e. The predicted molar refractivity (Wildman–Crippen MR) is 133 cm³/mol. The zero-order chi connectivity index (χ0) is 23.0. The molecule has 5 rings (SSSR count). The molecule has 3 aromatic carbocycles. The lowest BCUT2D eigenvalue weighted by Gasteiger charge is -2.10. The summed E-state index contributed by atoms with van der Waals surface area (Å²) in [6.45, 7) is 0. The molecule has 1 atom stereocenters. The summed E-state index contributed by atoms with van der Waals surface area (Å²) in [6, 6.07) is 20.4. The quantitative estimate of drug-likeness (QED) is 0.366. The number of aryl methyl sites for hydroxylation is 1. The van der Waals surface area contributed by atoms with Gasteiger partial charge in [0.15, 0.2) is 0 Å². The Bertz CT molecular complexity index is 1460. The number of hydrogen-bond acceptors (Lipinski definition) is 6. The number of rotatable bonds is 6. The van der Waals surface area contributed by atoms with Crippen LogP contribution < -0.4 is 10.6 Å². The minimum atomic E-state index is -3.67. The summed E-state index contributed by atoms with van der Waals surface area (Å²) < 4.78 is 24.0. The maximum atomic E-state index is 11.4. The fraction of sp³-hybridized carbons (Fsp3) is 0.160. The van der Waals surface area contributed by atoms with Gasteiger partial charge in [0.25, 0.3) is 0 Å². The van der Waals surface area contributed by atoms with Crippen molar-refractivity contribution >= 4 is 37.2 Å². The molecule has 0 saturated carbocycles. The van der Waals surface area contributed by atoms with E-state index in [-0.39, 0.29) is 16.7 Å². The van der Waals surface area contributed by atoms with Crippen molar-refractivity contribution in [1.82, 2.24) is 5.43 Å². The molecule has 1 aliphatic heterocycles. The van der Waals surface area contributed by atoms with Crippen LogP contribution in [0.2, 0.25) is 0 Å². The smallest absolute Gasteiger partial charge is 0.238 e. The molecule has 1 aromatic heterocycles. The second kappa shape index (κ2) is 8.62. The first-order chi connectivity index (χ1) is 15.9. The number of phenols is 1. The minimum absolute atomic E-state index is 0.123. The Kier molecular flexibility index (Phi) is 5.65. The van der Waals surface area contributed by atoms with E-state index in [9.17, 15) is 13.5 Å². The van der Waals surface area contributed by atoms with Crippen LogP contribution in [0.5, 0.6) is 5.75 Å². The number of benzene rings is 3. The topological polar surface area (TPSA) is 105 Å². The molecule has 0 spiro atoms. The molecule has 168 valence electrons. The number of phenolic OH excluding ortho intramolecular Hbond substituents is 1. The van der Waals surface area contributed by atoms with Gasteiger partial charge in [-0.05, 0) is 70.1 Å². The number of hydrogen-bond donors (Lipinski definition) is 3. The second-order valence-corrected chi connectivity index (χ2v) is 10.6. The number of primary sulfonamides is 1. The molecule has 0 bridgehead atoms. The monoisotopic (exact) mass is 477 g/mol. The highest BCUT2D eigenvalue weighted by Gasteiger charge is 2.23. The summed E-state index contributed by atoms with van der Waals surface area (Å²) in [5.74, 6) is 0.260. The van der Waals surface area contributed by atoms with Crippen molar-refractivity contribution in [1.29, 1.82) is 0 Å². The third-order valence-corrected chi connectivity index (χ3v) is 7.91. The Morgan fingerprint density at radius 2 is 1.85 bits per heavy atom. The normalized spacial score (nSPS) is 16.0. The summed E-state index contributed by atoms with van der Waals surface area (Å²) in [5, 5.41) is 23.0. The van der Waals surface area contributed by atoms with Crippen LogP contribution in [0.15, 0.2) is 82.1 Å². The summed E-state index contributed by atoms with van der Waals surface area (Å²) in [6.07, 6.45) is 2.41. The van der Waals surface area contributed by atoms with Crippen molar-refractivity contribution in [3.63, 3.8) is 0 Å². The van der Waals surface area contributed by atoms with Crippen molar-refractivity contribution in [2.24, 2.45) is 10.2 Å². The second-order valence-electron chi connectivity index (χ2n) is 8.18. The highest BCUT2D eigenvalue weighted by Crippen LogP contribution is 2.39. The van der Waals surface area contributed by atoms with Crippen LogP contribution in [0.4, 0.5) is 0 Å². The predicted octanol–water partition coefficient (Wildman–Crippen LogP) is 4.94. The number of fused-ring (bicyclic) bond motifs is 1. The Morgan fingerprint density at radius 3 is 2.61 bits per heavy atom. The molecule has 2 heterocycles. The Morgan fingerprint density at radius 1 is 1.06 bits per heavy atom. The fourth-order valence-corrected chi connectivity index (χ4v) is 5.89. The highest BCUT2D eigenvalue weighted by molar-refractivity contribution is 7.89. The fourth-order valence-electron chi connectivity index (χ4n) is 4.22. The van der Waals surface area contributed by atoms with Crippen LogP contribution in [0.1, 0.15) is 30.0 Å². The molecule has 8 heteroatoms. The lowest BCUT2D eigenvalue weighted by molar-refractivity contribution is 0.475. The Hall–Kier alpha value is -3.20. The molecule has 0 saturated heterocycles. The number of sulfonamides is 1. The van der Waals surface area contributed by atoms with E-state index < -0.39 is 10.0 Å². The van der Waals surface area contributed by atoms with E-state index in [1.54, 1.807) is 47.7 Å². The third-order valence-electron chi connectivity index (χ3n) is 5.93. The zero-order valence-corrected chi connectivity index (χ0v) is 19.4. The van der Waals surface area contributed by atoms with Gasteiger partial charge in [-0.25, -0.2) is 13.6 Å². The van der Waals surface area contributed by atoms with E-state index in [4.69, 9.17) is 5.14 Å². The Balaban J connectivity index is 1.29. The molecule has 0 aliphatic carbocycles. The maximum absolute atomic E-state index is 11.4. The van der Waals surface area contributed by atoms with Gasteiger partial charge in [0, 0.05) is 16.8 Å². The summed E-state index contributed by atoms with van der Waals surface area (Å²) in [4.78, 5) is 0.126. The highest BCUT2D eigenvalue weighted by atomic mass is 32.2. The van der Waals surface area contributed by atoms with Gasteiger partial charge in [0.05, 0.1) is 10.9 Å². The number of hydrazone groups is 1. The van der Waals surface area contributed by atoms with Crippen LogP contribution in [-0.2, 0) is 16.4 Å². The average molecular weight is 478 g/mol. The zero-order valence-electron chi connectivity index (χ0n) is 17.7. The first kappa shape index (κ1) is 21.6. The van der Waals surface area contributed by atoms with E-state index in [2.05, 4.69) is 34.1 Å². The van der Waals surface area contributed by atoms with Gasteiger partial charge in [-0.1, -0.05) is 42.5 Å². The standard InChI is InChI=1S/C25H23N3O3S2/c26-33(30,31)20-11-8-16(9-12-20)7-10-18-14-24(28-27-18)23-15-32-25-21(5-2-6-22(23)25)17-3-1-4-19(29)13-17/h1-6,8-9,11-13,15,24,28-29H,7,10,14H2,(H2,26,30,31). The van der Waals surface area contributed by atoms with Crippen molar-refractivity contribution in [2.75, 3.05) is 0 Å². The summed E-state index contributed by atoms with van der Waals surface area (Å²) >= 11 is 1.71. The van der Waals surface area contributed by atoms with E-state index >= 15 is 0 Å². The third kappa shape index (κ3) is 4.50. The molecule has 1 aliphatic rings. The molecular weight excluding hydrogens is 454 g/mol. The van der Waals surface area contributed by atoms with Gasteiger partial charge in [0.2, 0.25) is 10.0 Å². The lowest BCUT2D eigenvalue weighted by Crippen LogP contribution is -2.12. The number of nitrogens with two attached hydrogens (primary N) is 1. The van der Waals surface area contributed by atoms with Crippen LogP contribution in [0.3, 0.4) is 0 Å². The van der Waals surface area contributed by atoms with Gasteiger partial charge in [-0.2, -0.15) is 5.10 Å². The maximum Gasteiger partial charge on any atom is 0.238 e. The van der Waals surface area contributed by atoms with E-state index in [0.29, 0.717) is 0 Å². The lowest BCUT2D eigenvalue weighted by atomic mass is 9.97. The average Bonchev–Trinajstić information content (AvgIpc) is 3.44. The van der Waals surface area contributed by atoms with Crippen molar-refractivity contribution < 1.29 is 13.5 Å². The van der Waals surface area contributed by atoms with Crippen molar-refractivity contribution in [2.45, 2.75) is 30.2 Å². The van der Waals surface area contributed by atoms with E-state index in [1.165, 1.54) is 15.6 Å². The SMILES string of the molecule is NS(=O)(=O)c1ccc(CCC2=NNC(c3csc4c(-c5cccc(O)c5)cccc34)C2)cc1. The van der Waals surface area contributed by atoms with Gasteiger partial charge < -0.3 is 10.5 Å². The van der Waals surface area contributed by atoms with Gasteiger partial charge in [-0.3, -0.25) is 0 Å². The first-order valence-electron chi connectivity index (χ1n) is 10.6. The Labute approximate surface area is 196 Å². The molecule has 6 nitrogen and oxygen atoms in total. The van der Waals surface area contributed by atoms with E-state index in [1.807, 2.05) is 12.1 Å². The van der Waals surface area contributed by atoms with Gasteiger partial charge in [-0.15, -0.1) is 11.3 Å². The molecule has 0 fully saturated rings. The molecule has 0 amide bonds. The molecule has 1 unspecified atom stereocenters. The van der Waals surface area contributed by atoms with Gasteiger partial charge >= 0.3 is 0 Å². The number of nitrogens with zero attached hydrogens (tertiary/aromatic N) is 1. The number of thiophene rings is 1. The van der Waals surface area contributed by atoms with E-state index in [0.717, 1.165) is 41.7 Å². The van der Waals surface area contributed by atoms with Crippen LogP contribution >= 0.6 is 11.3 Å². The molecule has 4 N–H and O–H groups in total. The number of nitrogens with one attached hydrogen (secondary N) is 1. The molecule has 33 heavy (non-hydrogen) atoms. The summed E-state index contributed by atoms with van der Waals surface area (Å²) in [5.41, 5.74) is 8.78. The number of aromatic hydroxyl groups is 1. The molecule has 4 aromatic rings. The van der Waals surface area contributed by atoms with Crippen molar-refractivity contribution in [3.05, 3.63) is 83.2 Å². The molecular formula is C25H23N3O3S2. The van der Waals surface area contributed by atoms with Crippen LogP contribution in [0.25, 0.3) is 21.2 Å². The van der Waals surface area contributed by atoms with Crippen molar-refractivity contribution in [3.8, 4) is 16.9 Å². The van der Waals surface area contributed by atoms with Crippen LogP contribution in [-0.4, -0.2) is 19.2 Å².